The third-order valence-electron chi connectivity index (χ3n) is 7.68. The van der Waals surface area contributed by atoms with Crippen LogP contribution in [0.2, 0.25) is 0 Å². The zero-order chi connectivity index (χ0) is 27.7. The van der Waals surface area contributed by atoms with E-state index in [-0.39, 0.29) is 0 Å². The van der Waals surface area contributed by atoms with E-state index in [0.29, 0.717) is 18.9 Å². The van der Waals surface area contributed by atoms with E-state index in [1.807, 2.05) is 0 Å². The number of aliphatic hydroxyl groups is 1. The average molecular weight is 527 g/mol. The molecule has 224 valence electrons. The van der Waals surface area contributed by atoms with E-state index in [1.165, 1.54) is 161 Å². The van der Waals surface area contributed by atoms with Crippen LogP contribution in [0.25, 0.3) is 0 Å². The first-order valence-electron chi connectivity index (χ1n) is 16.9. The van der Waals surface area contributed by atoms with E-state index in [2.05, 4.69) is 20.8 Å². The Morgan fingerprint density at radius 2 is 0.730 bits per heavy atom. The molecule has 0 spiro atoms. The van der Waals surface area contributed by atoms with Crippen LogP contribution in [0.4, 0.5) is 0 Å². The van der Waals surface area contributed by atoms with Crippen molar-refractivity contribution in [2.45, 2.75) is 201 Å². The standard InChI is InChI=1S/C20H42O.C14H28O2/c1-3-5-7-9-11-12-14-16-18-20(19-21)17-15-13-10-8-6-4-2;1-2-3-4-5-6-7-8-9-10-11-12-13-14(15)16/h20-21H,3-19H2,1-2H3;2-13H2,1H3,(H,15,16). The van der Waals surface area contributed by atoms with Crippen molar-refractivity contribution in [2.24, 2.45) is 5.92 Å². The lowest BCUT2D eigenvalue weighted by molar-refractivity contribution is -0.137. The third-order valence-corrected chi connectivity index (χ3v) is 7.68. The quantitative estimate of drug-likeness (QED) is 0.0952. The lowest BCUT2D eigenvalue weighted by Crippen LogP contribution is -2.06. The summed E-state index contributed by atoms with van der Waals surface area (Å²) in [5.74, 6) is -0.0767. The fraction of sp³-hybridized carbons (Fsp3) is 0.971. The Morgan fingerprint density at radius 1 is 0.459 bits per heavy atom. The van der Waals surface area contributed by atoms with Gasteiger partial charge in [0.25, 0.3) is 0 Å². The van der Waals surface area contributed by atoms with Gasteiger partial charge in [0.2, 0.25) is 0 Å². The van der Waals surface area contributed by atoms with Crippen molar-refractivity contribution in [2.75, 3.05) is 6.61 Å². The summed E-state index contributed by atoms with van der Waals surface area (Å²) in [6.45, 7) is 7.20. The number of aliphatic hydroxyl groups excluding tert-OH is 1. The van der Waals surface area contributed by atoms with Crippen LogP contribution in [0.5, 0.6) is 0 Å². The molecule has 0 heterocycles. The molecule has 0 fully saturated rings. The first kappa shape index (κ1) is 38.6. The summed E-state index contributed by atoms with van der Waals surface area (Å²) in [7, 11) is 0. The van der Waals surface area contributed by atoms with E-state index in [1.54, 1.807) is 0 Å². The zero-order valence-corrected chi connectivity index (χ0v) is 25.9. The van der Waals surface area contributed by atoms with E-state index in [0.717, 1.165) is 12.8 Å². The van der Waals surface area contributed by atoms with Crippen LogP contribution in [0.1, 0.15) is 201 Å². The van der Waals surface area contributed by atoms with Crippen LogP contribution in [0.3, 0.4) is 0 Å². The van der Waals surface area contributed by atoms with Crippen molar-refractivity contribution >= 4 is 5.97 Å². The predicted molar refractivity (Wildman–Crippen MR) is 165 cm³/mol. The fourth-order valence-electron chi connectivity index (χ4n) is 5.05. The number of rotatable bonds is 29. The second-order valence-corrected chi connectivity index (χ2v) is 11.5. The summed E-state index contributed by atoms with van der Waals surface area (Å²) >= 11 is 0. The van der Waals surface area contributed by atoms with Crippen LogP contribution < -0.4 is 0 Å². The summed E-state index contributed by atoms with van der Waals surface area (Å²) in [5.41, 5.74) is 0. The Labute approximate surface area is 234 Å². The molecule has 1 atom stereocenters. The van der Waals surface area contributed by atoms with E-state index >= 15 is 0 Å². The molecule has 0 aliphatic carbocycles. The van der Waals surface area contributed by atoms with Gasteiger partial charge in [0, 0.05) is 13.0 Å². The number of carbonyl (C=O) groups is 1. The van der Waals surface area contributed by atoms with Gasteiger partial charge < -0.3 is 10.2 Å². The molecule has 3 heteroatoms. The molecule has 0 saturated carbocycles. The maximum atomic E-state index is 10.3. The molecule has 0 aromatic carbocycles. The van der Waals surface area contributed by atoms with Crippen molar-refractivity contribution in [3.8, 4) is 0 Å². The van der Waals surface area contributed by atoms with Crippen LogP contribution in [0.15, 0.2) is 0 Å². The minimum Gasteiger partial charge on any atom is -0.481 e. The molecule has 0 radical (unpaired) electrons. The van der Waals surface area contributed by atoms with Crippen molar-refractivity contribution in [3.05, 3.63) is 0 Å². The monoisotopic (exact) mass is 527 g/mol. The molecule has 1 unspecified atom stereocenters. The van der Waals surface area contributed by atoms with Gasteiger partial charge in [0.05, 0.1) is 0 Å². The van der Waals surface area contributed by atoms with Gasteiger partial charge in [-0.1, -0.05) is 175 Å². The van der Waals surface area contributed by atoms with Gasteiger partial charge >= 0.3 is 5.97 Å². The van der Waals surface area contributed by atoms with Gasteiger partial charge in [-0.25, -0.2) is 0 Å². The van der Waals surface area contributed by atoms with Crippen molar-refractivity contribution < 1.29 is 15.0 Å². The van der Waals surface area contributed by atoms with E-state index < -0.39 is 5.97 Å². The van der Waals surface area contributed by atoms with E-state index in [4.69, 9.17) is 5.11 Å². The topological polar surface area (TPSA) is 57.5 Å². The second-order valence-electron chi connectivity index (χ2n) is 11.5. The van der Waals surface area contributed by atoms with Crippen molar-refractivity contribution in [3.63, 3.8) is 0 Å². The fourth-order valence-corrected chi connectivity index (χ4v) is 5.05. The van der Waals surface area contributed by atoms with Crippen LogP contribution >= 0.6 is 0 Å². The van der Waals surface area contributed by atoms with Gasteiger partial charge in [-0.2, -0.15) is 0 Å². The van der Waals surface area contributed by atoms with Gasteiger partial charge in [-0.3, -0.25) is 4.79 Å². The lowest BCUT2D eigenvalue weighted by Gasteiger charge is -2.13. The first-order valence-corrected chi connectivity index (χ1v) is 16.9. The van der Waals surface area contributed by atoms with Gasteiger partial charge in [-0.05, 0) is 25.2 Å². The van der Waals surface area contributed by atoms with Gasteiger partial charge in [-0.15, -0.1) is 0 Å². The highest BCUT2D eigenvalue weighted by Crippen LogP contribution is 2.19. The third kappa shape index (κ3) is 37.6. The molecule has 3 nitrogen and oxygen atoms in total. The number of hydrogen-bond acceptors (Lipinski definition) is 2. The number of carboxylic acid groups (broad SMARTS) is 1. The normalized spacial score (nSPS) is 11.8. The molecule has 0 amide bonds. The zero-order valence-electron chi connectivity index (χ0n) is 25.9. The van der Waals surface area contributed by atoms with Crippen LogP contribution in [0, 0.1) is 5.92 Å². The molecule has 0 aliphatic heterocycles. The molecule has 0 bridgehead atoms. The first-order chi connectivity index (χ1) is 18.1. The molecule has 0 aromatic rings. The molecular formula is C34H70O3. The maximum Gasteiger partial charge on any atom is 0.303 e. The van der Waals surface area contributed by atoms with Crippen molar-refractivity contribution in [1.82, 2.24) is 0 Å². The smallest absolute Gasteiger partial charge is 0.303 e. The molecule has 0 aliphatic rings. The van der Waals surface area contributed by atoms with Gasteiger partial charge in [0.15, 0.2) is 0 Å². The van der Waals surface area contributed by atoms with E-state index in [9.17, 15) is 9.90 Å². The van der Waals surface area contributed by atoms with Crippen LogP contribution in [-0.2, 0) is 4.79 Å². The summed E-state index contributed by atoms with van der Waals surface area (Å²) in [4.78, 5) is 10.3. The average Bonchev–Trinajstić information content (AvgIpc) is 2.89. The summed E-state index contributed by atoms with van der Waals surface area (Å²) in [6.07, 6.45) is 36.2. The summed E-state index contributed by atoms with van der Waals surface area (Å²) in [5, 5.41) is 17.9. The lowest BCUT2D eigenvalue weighted by atomic mass is 9.95. The van der Waals surface area contributed by atoms with Crippen LogP contribution in [-0.4, -0.2) is 22.8 Å². The highest BCUT2D eigenvalue weighted by Gasteiger charge is 2.06. The molecule has 2 N–H and O–H groups in total. The highest BCUT2D eigenvalue weighted by atomic mass is 16.4. The van der Waals surface area contributed by atoms with Gasteiger partial charge in [0.1, 0.15) is 0 Å². The number of unbranched alkanes of at least 4 members (excludes halogenated alkanes) is 22. The molecule has 0 aromatic heterocycles. The Balaban J connectivity index is 0. The summed E-state index contributed by atoms with van der Waals surface area (Å²) < 4.78 is 0. The Hall–Kier alpha value is -0.570. The minimum atomic E-state index is -0.657. The largest absolute Gasteiger partial charge is 0.481 e. The number of hydrogen-bond donors (Lipinski definition) is 2. The Morgan fingerprint density at radius 3 is 1.00 bits per heavy atom. The SMILES string of the molecule is CCCCCCCCCCC(CO)CCCCCCCC.CCCCCCCCCCCCCC(=O)O. The Kier molecular flexibility index (Phi) is 36.9. The maximum absolute atomic E-state index is 10.3. The molecular weight excluding hydrogens is 456 g/mol. The number of carboxylic acids is 1. The van der Waals surface area contributed by atoms with Crippen molar-refractivity contribution in [1.29, 1.82) is 0 Å². The molecule has 37 heavy (non-hydrogen) atoms. The minimum absolute atomic E-state index is 0.344. The predicted octanol–water partition coefficient (Wildman–Crippen LogP) is 11.6. The number of aliphatic carboxylic acids is 1. The Bertz CT molecular complexity index is 410. The molecule has 0 saturated heterocycles. The summed E-state index contributed by atoms with van der Waals surface area (Å²) in [6, 6.07) is 0. The second kappa shape index (κ2) is 35.4. The molecule has 0 rings (SSSR count). The highest BCUT2D eigenvalue weighted by molar-refractivity contribution is 5.66.